The third-order valence-electron chi connectivity index (χ3n) is 3.77. The molecule has 0 bridgehead atoms. The van der Waals surface area contributed by atoms with Gasteiger partial charge in [-0.05, 0) is 25.5 Å². The molecule has 5 nitrogen and oxygen atoms in total. The monoisotopic (exact) mass is 352 g/mol. The molecule has 0 unspecified atom stereocenters. The minimum Gasteiger partial charge on any atom is -0.349 e. The van der Waals surface area contributed by atoms with Crippen LogP contribution in [0.25, 0.3) is 11.4 Å². The first-order chi connectivity index (χ1) is 12.1. The van der Waals surface area contributed by atoms with Gasteiger partial charge in [-0.1, -0.05) is 65.9 Å². The molecule has 2 aromatic carbocycles. The highest BCUT2D eigenvalue weighted by molar-refractivity contribution is 7.99. The van der Waals surface area contributed by atoms with E-state index in [0.29, 0.717) is 11.0 Å². The molecule has 1 aromatic heterocycles. The second-order valence-corrected chi connectivity index (χ2v) is 6.77. The van der Waals surface area contributed by atoms with Crippen molar-refractivity contribution in [2.45, 2.75) is 25.0 Å². The predicted octanol–water partition coefficient (Wildman–Crippen LogP) is 3.75. The Morgan fingerprint density at radius 3 is 2.76 bits per heavy atom. The summed E-state index contributed by atoms with van der Waals surface area (Å²) >= 11 is 1.32. The average Bonchev–Trinajstić information content (AvgIpc) is 3.10. The van der Waals surface area contributed by atoms with Gasteiger partial charge in [-0.3, -0.25) is 9.89 Å². The van der Waals surface area contributed by atoms with Gasteiger partial charge in [-0.15, -0.1) is 5.10 Å². The van der Waals surface area contributed by atoms with Gasteiger partial charge in [-0.25, -0.2) is 4.98 Å². The van der Waals surface area contributed by atoms with Gasteiger partial charge in [0, 0.05) is 5.56 Å². The van der Waals surface area contributed by atoms with E-state index >= 15 is 0 Å². The summed E-state index contributed by atoms with van der Waals surface area (Å²) in [5.74, 6) is 0.954. The van der Waals surface area contributed by atoms with Crippen molar-refractivity contribution in [3.8, 4) is 11.4 Å². The smallest absolute Gasteiger partial charge is 0.230 e. The molecule has 0 spiro atoms. The number of thioether (sulfide) groups is 1. The molecule has 1 atom stereocenters. The molecule has 128 valence electrons. The van der Waals surface area contributed by atoms with Crippen LogP contribution < -0.4 is 5.32 Å². The Bertz CT molecular complexity index is 847. The number of H-pyrrole nitrogens is 1. The van der Waals surface area contributed by atoms with E-state index in [0.717, 1.165) is 16.7 Å². The number of carbonyl (C=O) groups excluding carboxylic acids is 1. The van der Waals surface area contributed by atoms with Crippen LogP contribution in [0, 0.1) is 6.92 Å². The molecule has 3 aromatic rings. The van der Waals surface area contributed by atoms with Crippen molar-refractivity contribution in [1.29, 1.82) is 0 Å². The van der Waals surface area contributed by atoms with Crippen molar-refractivity contribution in [2.24, 2.45) is 0 Å². The van der Waals surface area contributed by atoms with Crippen LogP contribution in [-0.2, 0) is 4.79 Å². The minimum atomic E-state index is -0.0386. The predicted molar refractivity (Wildman–Crippen MR) is 100 cm³/mol. The number of nitrogens with one attached hydrogen (secondary N) is 2. The molecule has 0 radical (unpaired) electrons. The van der Waals surface area contributed by atoms with E-state index < -0.39 is 0 Å². The number of aromatic nitrogens is 3. The molecule has 1 heterocycles. The van der Waals surface area contributed by atoms with Gasteiger partial charge in [0.15, 0.2) is 5.82 Å². The molecule has 0 aliphatic heterocycles. The molecule has 0 aliphatic carbocycles. The zero-order chi connectivity index (χ0) is 17.6. The summed E-state index contributed by atoms with van der Waals surface area (Å²) in [5.41, 5.74) is 3.24. The van der Waals surface area contributed by atoms with Crippen LogP contribution in [0.5, 0.6) is 0 Å². The van der Waals surface area contributed by atoms with E-state index in [2.05, 4.69) is 20.5 Å². The average molecular weight is 352 g/mol. The minimum absolute atomic E-state index is 0.0238. The van der Waals surface area contributed by atoms with Gasteiger partial charge in [0.2, 0.25) is 11.1 Å². The van der Waals surface area contributed by atoms with Crippen LogP contribution in [0.4, 0.5) is 0 Å². The fourth-order valence-electron chi connectivity index (χ4n) is 2.47. The maximum absolute atomic E-state index is 12.1. The van der Waals surface area contributed by atoms with Crippen molar-refractivity contribution in [3.05, 3.63) is 65.7 Å². The highest BCUT2D eigenvalue weighted by atomic mass is 32.2. The highest BCUT2D eigenvalue weighted by Gasteiger charge is 2.12. The summed E-state index contributed by atoms with van der Waals surface area (Å²) in [6.07, 6.45) is 0. The maximum atomic E-state index is 12.1. The molecule has 0 aliphatic rings. The van der Waals surface area contributed by atoms with E-state index in [1.165, 1.54) is 11.8 Å². The number of amides is 1. The molecular formula is C19H20N4OS. The van der Waals surface area contributed by atoms with Gasteiger partial charge >= 0.3 is 0 Å². The summed E-state index contributed by atoms with van der Waals surface area (Å²) in [6, 6.07) is 17.9. The Labute approximate surface area is 151 Å². The normalized spacial score (nSPS) is 11.9. The first kappa shape index (κ1) is 17.2. The Morgan fingerprint density at radius 2 is 2.00 bits per heavy atom. The maximum Gasteiger partial charge on any atom is 0.230 e. The number of benzene rings is 2. The number of rotatable bonds is 6. The lowest BCUT2D eigenvalue weighted by Crippen LogP contribution is -2.28. The largest absolute Gasteiger partial charge is 0.349 e. The van der Waals surface area contributed by atoms with E-state index in [4.69, 9.17) is 0 Å². The van der Waals surface area contributed by atoms with Crippen LogP contribution in [0.1, 0.15) is 24.1 Å². The lowest BCUT2D eigenvalue weighted by atomic mass is 10.1. The lowest BCUT2D eigenvalue weighted by molar-refractivity contribution is -0.119. The number of carbonyl (C=O) groups is 1. The standard InChI is InChI=1S/C19H20N4OS/c1-13-7-6-10-16(11-13)18-21-19(23-22-18)25-12-17(24)20-14(2)15-8-4-3-5-9-15/h3-11,14H,12H2,1-2H3,(H,20,24)(H,21,22,23)/t14-/m1/s1. The first-order valence-corrected chi connectivity index (χ1v) is 9.07. The summed E-state index contributed by atoms with van der Waals surface area (Å²) in [7, 11) is 0. The molecule has 0 fully saturated rings. The van der Waals surface area contributed by atoms with Crippen molar-refractivity contribution in [3.63, 3.8) is 0 Å². The fraction of sp³-hybridized carbons (Fsp3) is 0.211. The van der Waals surface area contributed by atoms with Crippen molar-refractivity contribution in [2.75, 3.05) is 5.75 Å². The Hall–Kier alpha value is -2.60. The zero-order valence-corrected chi connectivity index (χ0v) is 15.0. The zero-order valence-electron chi connectivity index (χ0n) is 14.2. The topological polar surface area (TPSA) is 70.7 Å². The second-order valence-electron chi connectivity index (χ2n) is 5.82. The van der Waals surface area contributed by atoms with Gasteiger partial charge in [0.25, 0.3) is 0 Å². The van der Waals surface area contributed by atoms with Crippen molar-refractivity contribution >= 4 is 17.7 Å². The number of aromatic amines is 1. The van der Waals surface area contributed by atoms with Crippen LogP contribution in [0.15, 0.2) is 59.8 Å². The van der Waals surface area contributed by atoms with E-state index in [9.17, 15) is 4.79 Å². The van der Waals surface area contributed by atoms with Crippen LogP contribution in [0.2, 0.25) is 0 Å². The first-order valence-electron chi connectivity index (χ1n) is 8.08. The molecule has 0 saturated heterocycles. The molecule has 6 heteroatoms. The van der Waals surface area contributed by atoms with Gasteiger partial charge in [0.1, 0.15) is 0 Å². The van der Waals surface area contributed by atoms with Gasteiger partial charge in [-0.2, -0.15) is 0 Å². The number of nitrogens with zero attached hydrogens (tertiary/aromatic N) is 2. The Morgan fingerprint density at radius 1 is 1.20 bits per heavy atom. The Kier molecular flexibility index (Phi) is 5.50. The van der Waals surface area contributed by atoms with Crippen LogP contribution >= 0.6 is 11.8 Å². The summed E-state index contributed by atoms with van der Waals surface area (Å²) < 4.78 is 0. The summed E-state index contributed by atoms with van der Waals surface area (Å²) in [6.45, 7) is 4.01. The third-order valence-corrected chi connectivity index (χ3v) is 4.61. The molecule has 3 rings (SSSR count). The quantitative estimate of drug-likeness (QED) is 0.663. The van der Waals surface area contributed by atoms with Gasteiger partial charge in [0.05, 0.1) is 11.8 Å². The SMILES string of the molecule is Cc1cccc(-c2nc(SCC(=O)N[C@H](C)c3ccccc3)n[nH]2)c1. The van der Waals surface area contributed by atoms with E-state index in [1.54, 1.807) is 0 Å². The molecule has 2 N–H and O–H groups in total. The fourth-order valence-corrected chi connectivity index (χ4v) is 3.08. The van der Waals surface area contributed by atoms with Crippen molar-refractivity contribution < 1.29 is 4.79 Å². The molecule has 0 saturated carbocycles. The van der Waals surface area contributed by atoms with Crippen LogP contribution in [0.3, 0.4) is 0 Å². The molecule has 25 heavy (non-hydrogen) atoms. The van der Waals surface area contributed by atoms with Crippen molar-refractivity contribution in [1.82, 2.24) is 20.5 Å². The van der Waals surface area contributed by atoms with Crippen LogP contribution in [-0.4, -0.2) is 26.8 Å². The third kappa shape index (κ3) is 4.70. The number of hydrogen-bond acceptors (Lipinski definition) is 4. The molecule has 1 amide bonds. The Balaban J connectivity index is 1.54. The summed E-state index contributed by atoms with van der Waals surface area (Å²) in [4.78, 5) is 16.6. The molecular weight excluding hydrogens is 332 g/mol. The van der Waals surface area contributed by atoms with E-state index in [1.807, 2.05) is 68.4 Å². The highest BCUT2D eigenvalue weighted by Crippen LogP contribution is 2.20. The number of aryl methyl sites for hydroxylation is 1. The summed E-state index contributed by atoms with van der Waals surface area (Å²) in [5, 5.41) is 10.7. The lowest BCUT2D eigenvalue weighted by Gasteiger charge is -2.13. The van der Waals surface area contributed by atoms with Gasteiger partial charge < -0.3 is 5.32 Å². The van der Waals surface area contributed by atoms with E-state index in [-0.39, 0.29) is 17.7 Å². The second kappa shape index (κ2) is 7.98. The number of hydrogen-bond donors (Lipinski definition) is 2.